The van der Waals surface area contributed by atoms with E-state index in [-0.39, 0.29) is 17.4 Å². The molecule has 138 valence electrons. The Morgan fingerprint density at radius 2 is 1.75 bits per heavy atom. The van der Waals surface area contributed by atoms with Crippen LogP contribution in [-0.2, 0) is 16.1 Å². The second-order valence-corrected chi connectivity index (χ2v) is 6.19. The van der Waals surface area contributed by atoms with Crippen molar-refractivity contribution in [3.63, 3.8) is 0 Å². The van der Waals surface area contributed by atoms with Crippen molar-refractivity contribution < 1.29 is 18.7 Å². The summed E-state index contributed by atoms with van der Waals surface area (Å²) in [6.07, 6.45) is 1.63. The number of hydrogen-bond acceptors (Lipinski definition) is 4. The highest BCUT2D eigenvalue weighted by Crippen LogP contribution is 2.22. The van der Waals surface area contributed by atoms with Crippen LogP contribution in [0.1, 0.15) is 16.7 Å². The summed E-state index contributed by atoms with van der Waals surface area (Å²) in [4.78, 5) is 16.3. The van der Waals surface area contributed by atoms with Gasteiger partial charge in [-0.15, -0.1) is 0 Å². The number of rotatable bonds is 5. The van der Waals surface area contributed by atoms with Crippen LogP contribution in [-0.4, -0.2) is 11.9 Å². The van der Waals surface area contributed by atoms with E-state index in [2.05, 4.69) is 4.99 Å². The molecule has 0 fully saturated rings. The standard InChI is InChI=1S/C23H16FNO3/c24-19-11-9-18(10-12-19)22-25-21(23(26)28-22)14-17-7-4-8-20(13-17)27-15-16-5-2-1-3-6-16/h1-14H,15H2/b21-14-. The minimum Gasteiger partial charge on any atom is -0.489 e. The van der Waals surface area contributed by atoms with Crippen LogP contribution in [0.5, 0.6) is 5.75 Å². The van der Waals surface area contributed by atoms with Gasteiger partial charge in [0.25, 0.3) is 0 Å². The molecular weight excluding hydrogens is 357 g/mol. The molecule has 4 nitrogen and oxygen atoms in total. The van der Waals surface area contributed by atoms with E-state index in [1.807, 2.05) is 54.6 Å². The number of carbonyl (C=O) groups excluding carboxylic acids is 1. The molecule has 4 rings (SSSR count). The minimum absolute atomic E-state index is 0.160. The van der Waals surface area contributed by atoms with E-state index in [1.165, 1.54) is 24.3 Å². The highest BCUT2D eigenvalue weighted by molar-refractivity contribution is 6.12. The van der Waals surface area contributed by atoms with Gasteiger partial charge in [-0.2, -0.15) is 0 Å². The molecule has 28 heavy (non-hydrogen) atoms. The number of nitrogens with zero attached hydrogens (tertiary/aromatic N) is 1. The van der Waals surface area contributed by atoms with Crippen molar-refractivity contribution in [1.29, 1.82) is 0 Å². The number of cyclic esters (lactones) is 1. The number of hydrogen-bond donors (Lipinski definition) is 0. The first kappa shape index (κ1) is 17.7. The molecule has 0 aliphatic carbocycles. The summed E-state index contributed by atoms with van der Waals surface area (Å²) in [5.41, 5.74) is 2.55. The molecule has 0 unspecified atom stereocenters. The SMILES string of the molecule is O=C1OC(c2ccc(F)cc2)=N/C1=C\c1cccc(OCc2ccccc2)c1. The third-order valence-corrected chi connectivity index (χ3v) is 4.12. The van der Waals surface area contributed by atoms with Gasteiger partial charge in [-0.3, -0.25) is 0 Å². The van der Waals surface area contributed by atoms with E-state index in [4.69, 9.17) is 9.47 Å². The van der Waals surface area contributed by atoms with Crippen molar-refractivity contribution in [2.24, 2.45) is 4.99 Å². The molecular formula is C23H16FNO3. The Morgan fingerprint density at radius 3 is 2.54 bits per heavy atom. The molecule has 3 aromatic rings. The van der Waals surface area contributed by atoms with Crippen molar-refractivity contribution in [3.8, 4) is 5.75 Å². The normalized spacial score (nSPS) is 14.7. The van der Waals surface area contributed by atoms with E-state index < -0.39 is 5.97 Å². The molecule has 0 saturated carbocycles. The predicted molar refractivity (Wildman–Crippen MR) is 104 cm³/mol. The number of ether oxygens (including phenoxy) is 2. The Kier molecular flexibility index (Phi) is 4.97. The van der Waals surface area contributed by atoms with Crippen molar-refractivity contribution in [2.75, 3.05) is 0 Å². The summed E-state index contributed by atoms with van der Waals surface area (Å²) >= 11 is 0. The number of benzene rings is 3. The van der Waals surface area contributed by atoms with Crippen LogP contribution in [0.4, 0.5) is 4.39 Å². The Hall–Kier alpha value is -3.73. The number of esters is 1. The van der Waals surface area contributed by atoms with E-state index in [0.717, 1.165) is 11.1 Å². The van der Waals surface area contributed by atoms with Crippen LogP contribution in [0.15, 0.2) is 89.6 Å². The molecule has 0 atom stereocenters. The van der Waals surface area contributed by atoms with E-state index in [0.29, 0.717) is 17.9 Å². The van der Waals surface area contributed by atoms with Crippen LogP contribution < -0.4 is 4.74 Å². The summed E-state index contributed by atoms with van der Waals surface area (Å²) in [5.74, 6) is -0.0632. The van der Waals surface area contributed by atoms with Gasteiger partial charge >= 0.3 is 5.97 Å². The fourth-order valence-electron chi connectivity index (χ4n) is 2.72. The van der Waals surface area contributed by atoms with Crippen LogP contribution in [0.3, 0.4) is 0 Å². The fraction of sp³-hybridized carbons (Fsp3) is 0.0435. The van der Waals surface area contributed by atoms with Gasteiger partial charge in [0.2, 0.25) is 5.90 Å². The maximum absolute atomic E-state index is 13.1. The first-order chi connectivity index (χ1) is 13.7. The fourth-order valence-corrected chi connectivity index (χ4v) is 2.72. The molecule has 0 aromatic heterocycles. The second-order valence-electron chi connectivity index (χ2n) is 6.19. The van der Waals surface area contributed by atoms with Gasteiger partial charge in [0.1, 0.15) is 18.2 Å². The zero-order valence-electron chi connectivity index (χ0n) is 14.8. The Balaban J connectivity index is 1.51. The van der Waals surface area contributed by atoms with Gasteiger partial charge < -0.3 is 9.47 Å². The minimum atomic E-state index is -0.546. The lowest BCUT2D eigenvalue weighted by Gasteiger charge is -2.07. The van der Waals surface area contributed by atoms with Gasteiger partial charge in [-0.25, -0.2) is 14.2 Å². The van der Waals surface area contributed by atoms with Crippen LogP contribution in [0.2, 0.25) is 0 Å². The molecule has 0 bridgehead atoms. The Morgan fingerprint density at radius 1 is 0.964 bits per heavy atom. The molecule has 5 heteroatoms. The summed E-state index contributed by atoms with van der Waals surface area (Å²) in [6, 6.07) is 22.9. The van der Waals surface area contributed by atoms with Crippen LogP contribution in [0, 0.1) is 5.82 Å². The molecule has 1 aliphatic rings. The molecule has 0 radical (unpaired) electrons. The van der Waals surface area contributed by atoms with E-state index >= 15 is 0 Å². The second kappa shape index (κ2) is 7.88. The quantitative estimate of drug-likeness (QED) is 0.479. The van der Waals surface area contributed by atoms with Crippen molar-refractivity contribution in [3.05, 3.63) is 107 Å². The van der Waals surface area contributed by atoms with Gasteiger partial charge in [0.15, 0.2) is 5.70 Å². The molecule has 0 N–H and O–H groups in total. The third-order valence-electron chi connectivity index (χ3n) is 4.12. The van der Waals surface area contributed by atoms with E-state index in [9.17, 15) is 9.18 Å². The molecule has 1 aliphatic heterocycles. The first-order valence-corrected chi connectivity index (χ1v) is 8.73. The average Bonchev–Trinajstić information content (AvgIpc) is 3.08. The van der Waals surface area contributed by atoms with Crippen LogP contribution in [0.25, 0.3) is 6.08 Å². The summed E-state index contributed by atoms with van der Waals surface area (Å²) in [5, 5.41) is 0. The van der Waals surface area contributed by atoms with E-state index in [1.54, 1.807) is 6.08 Å². The van der Waals surface area contributed by atoms with Crippen molar-refractivity contribution in [2.45, 2.75) is 6.61 Å². The summed E-state index contributed by atoms with van der Waals surface area (Å²) in [7, 11) is 0. The largest absolute Gasteiger partial charge is 0.489 e. The lowest BCUT2D eigenvalue weighted by Crippen LogP contribution is -2.05. The average molecular weight is 373 g/mol. The number of aliphatic imine (C=N–C) groups is 1. The monoisotopic (exact) mass is 373 g/mol. The Bertz CT molecular complexity index is 1060. The van der Waals surface area contributed by atoms with Crippen molar-refractivity contribution in [1.82, 2.24) is 0 Å². The molecule has 1 heterocycles. The van der Waals surface area contributed by atoms with Gasteiger partial charge in [0, 0.05) is 5.56 Å². The van der Waals surface area contributed by atoms with Gasteiger partial charge in [-0.1, -0.05) is 42.5 Å². The highest BCUT2D eigenvalue weighted by atomic mass is 19.1. The maximum Gasteiger partial charge on any atom is 0.363 e. The Labute approximate surface area is 161 Å². The topological polar surface area (TPSA) is 47.9 Å². The molecule has 0 amide bonds. The summed E-state index contributed by atoms with van der Waals surface area (Å²) in [6.45, 7) is 0.454. The lowest BCUT2D eigenvalue weighted by atomic mass is 10.2. The number of carbonyl (C=O) groups is 1. The van der Waals surface area contributed by atoms with Crippen molar-refractivity contribution >= 4 is 17.9 Å². The zero-order valence-corrected chi connectivity index (χ0v) is 14.8. The summed E-state index contributed by atoms with van der Waals surface area (Å²) < 4.78 is 24.1. The molecule has 3 aromatic carbocycles. The number of halogens is 1. The molecule has 0 spiro atoms. The maximum atomic E-state index is 13.1. The first-order valence-electron chi connectivity index (χ1n) is 8.73. The van der Waals surface area contributed by atoms with Gasteiger partial charge in [-0.05, 0) is 53.6 Å². The molecule has 0 saturated heterocycles. The highest BCUT2D eigenvalue weighted by Gasteiger charge is 2.24. The third kappa shape index (κ3) is 4.15. The van der Waals surface area contributed by atoms with Crippen LogP contribution >= 0.6 is 0 Å². The zero-order chi connectivity index (χ0) is 19.3. The predicted octanol–water partition coefficient (Wildman–Crippen LogP) is 4.75. The van der Waals surface area contributed by atoms with Gasteiger partial charge in [0.05, 0.1) is 0 Å². The lowest BCUT2D eigenvalue weighted by molar-refractivity contribution is -0.129. The smallest absolute Gasteiger partial charge is 0.363 e.